The molecule has 0 atom stereocenters. The van der Waals surface area contributed by atoms with Gasteiger partial charge in [-0.05, 0) is 68.9 Å². The number of carbonyl (C=O) groups excluding carboxylic acids is 2. The van der Waals surface area contributed by atoms with Crippen molar-refractivity contribution in [2.45, 2.75) is 20.8 Å². The van der Waals surface area contributed by atoms with Crippen LogP contribution in [0.3, 0.4) is 0 Å². The number of hydrogen-bond acceptors (Lipinski definition) is 4. The van der Waals surface area contributed by atoms with E-state index in [4.69, 9.17) is 17.0 Å². The second-order valence-electron chi connectivity index (χ2n) is 6.36. The van der Waals surface area contributed by atoms with Gasteiger partial charge in [0.15, 0.2) is 5.11 Å². The Morgan fingerprint density at radius 2 is 1.93 bits per heavy atom. The number of thiocarbonyl (C=S) groups is 1. The van der Waals surface area contributed by atoms with Gasteiger partial charge in [0.2, 0.25) is 0 Å². The third-order valence-corrected chi connectivity index (χ3v) is 5.04. The van der Waals surface area contributed by atoms with Gasteiger partial charge in [0.1, 0.15) is 11.3 Å². The van der Waals surface area contributed by atoms with Gasteiger partial charge >= 0.3 is 0 Å². The van der Waals surface area contributed by atoms with Gasteiger partial charge in [0, 0.05) is 10.0 Å². The minimum Gasteiger partial charge on any atom is -0.493 e. The molecule has 2 aromatic carbocycles. The summed E-state index contributed by atoms with van der Waals surface area (Å²) >= 11 is 8.69. The van der Waals surface area contributed by atoms with E-state index in [0.717, 1.165) is 15.6 Å². The zero-order chi connectivity index (χ0) is 20.4. The van der Waals surface area contributed by atoms with Crippen molar-refractivity contribution < 1.29 is 14.3 Å². The molecule has 1 saturated heterocycles. The van der Waals surface area contributed by atoms with Gasteiger partial charge in [-0.3, -0.25) is 19.8 Å². The van der Waals surface area contributed by atoms with E-state index in [0.29, 0.717) is 23.6 Å². The highest BCUT2D eigenvalue weighted by molar-refractivity contribution is 9.10. The van der Waals surface area contributed by atoms with Crippen LogP contribution in [-0.2, 0) is 9.59 Å². The molecule has 2 amide bonds. The lowest BCUT2D eigenvalue weighted by Gasteiger charge is -2.30. The van der Waals surface area contributed by atoms with Gasteiger partial charge < -0.3 is 4.74 Å². The van der Waals surface area contributed by atoms with Gasteiger partial charge in [0.05, 0.1) is 12.3 Å². The molecule has 1 aliphatic rings. The van der Waals surface area contributed by atoms with E-state index in [1.807, 2.05) is 45.0 Å². The molecular weight excluding hydrogens is 440 g/mol. The first-order chi connectivity index (χ1) is 13.3. The molecule has 0 bridgehead atoms. The summed E-state index contributed by atoms with van der Waals surface area (Å²) in [5, 5.41) is 2.68. The summed E-state index contributed by atoms with van der Waals surface area (Å²) in [5.41, 5.74) is 3.23. The van der Waals surface area contributed by atoms with Crippen molar-refractivity contribution in [2.75, 3.05) is 11.5 Å². The van der Waals surface area contributed by atoms with E-state index >= 15 is 0 Å². The maximum Gasteiger partial charge on any atom is 0.270 e. The molecular formula is C21H19BrN2O3S. The highest BCUT2D eigenvalue weighted by atomic mass is 79.9. The summed E-state index contributed by atoms with van der Waals surface area (Å²) < 4.78 is 6.43. The number of rotatable bonds is 4. The van der Waals surface area contributed by atoms with Crippen LogP contribution in [0.4, 0.5) is 5.69 Å². The molecule has 0 aliphatic carbocycles. The SMILES string of the molecule is CCOc1ccc(Br)cc1/C=C1/C(=O)NC(=S)N(c2ccc(C)cc2C)C1=O. The van der Waals surface area contributed by atoms with Crippen LogP contribution in [-0.4, -0.2) is 23.5 Å². The van der Waals surface area contributed by atoms with Crippen LogP contribution in [0.1, 0.15) is 23.6 Å². The fourth-order valence-corrected chi connectivity index (χ4v) is 3.66. The summed E-state index contributed by atoms with van der Waals surface area (Å²) in [6.45, 7) is 6.22. The predicted octanol–water partition coefficient (Wildman–Crippen LogP) is 4.30. The van der Waals surface area contributed by atoms with Crippen LogP contribution >= 0.6 is 28.1 Å². The Kier molecular flexibility index (Phi) is 5.96. The number of aryl methyl sites for hydroxylation is 2. The number of hydrogen-bond donors (Lipinski definition) is 1. The molecule has 0 saturated carbocycles. The van der Waals surface area contributed by atoms with Gasteiger partial charge in [-0.15, -0.1) is 0 Å². The number of amides is 2. The Bertz CT molecular complexity index is 1020. The summed E-state index contributed by atoms with van der Waals surface area (Å²) in [4.78, 5) is 27.1. The number of anilines is 1. The maximum absolute atomic E-state index is 13.2. The Morgan fingerprint density at radius 1 is 1.18 bits per heavy atom. The maximum atomic E-state index is 13.2. The predicted molar refractivity (Wildman–Crippen MR) is 117 cm³/mol. The molecule has 1 fully saturated rings. The van der Waals surface area contributed by atoms with Crippen molar-refractivity contribution in [3.8, 4) is 5.75 Å². The summed E-state index contributed by atoms with van der Waals surface area (Å²) in [5.74, 6) is -0.411. The molecule has 0 spiro atoms. The number of ether oxygens (including phenoxy) is 1. The summed E-state index contributed by atoms with van der Waals surface area (Å²) in [7, 11) is 0. The van der Waals surface area contributed by atoms with E-state index in [2.05, 4.69) is 21.2 Å². The normalized spacial score (nSPS) is 15.8. The van der Waals surface area contributed by atoms with Crippen molar-refractivity contribution >= 4 is 56.8 Å². The highest BCUT2D eigenvalue weighted by Gasteiger charge is 2.35. The van der Waals surface area contributed by atoms with Crippen LogP contribution in [0.2, 0.25) is 0 Å². The smallest absolute Gasteiger partial charge is 0.270 e. The number of carbonyl (C=O) groups is 2. The number of benzene rings is 2. The van der Waals surface area contributed by atoms with E-state index in [1.165, 1.54) is 11.0 Å². The molecule has 0 aromatic heterocycles. The van der Waals surface area contributed by atoms with Gasteiger partial charge in [-0.25, -0.2) is 0 Å². The van der Waals surface area contributed by atoms with Crippen LogP contribution in [0.15, 0.2) is 46.4 Å². The minimum absolute atomic E-state index is 0.00683. The lowest BCUT2D eigenvalue weighted by molar-refractivity contribution is -0.122. The first-order valence-electron chi connectivity index (χ1n) is 8.73. The van der Waals surface area contributed by atoms with Crippen molar-refractivity contribution in [1.29, 1.82) is 0 Å². The van der Waals surface area contributed by atoms with Crippen LogP contribution < -0.4 is 15.0 Å². The molecule has 7 heteroatoms. The monoisotopic (exact) mass is 458 g/mol. The Morgan fingerprint density at radius 3 is 2.61 bits per heavy atom. The number of nitrogens with one attached hydrogen (secondary N) is 1. The van der Waals surface area contributed by atoms with Crippen molar-refractivity contribution in [3.63, 3.8) is 0 Å². The third kappa shape index (κ3) is 4.00. The van der Waals surface area contributed by atoms with Crippen LogP contribution in [0.5, 0.6) is 5.75 Å². The summed E-state index contributed by atoms with van der Waals surface area (Å²) in [6.07, 6.45) is 1.53. The Hall–Kier alpha value is -2.51. The van der Waals surface area contributed by atoms with E-state index < -0.39 is 11.8 Å². The summed E-state index contributed by atoms with van der Waals surface area (Å²) in [6, 6.07) is 11.1. The highest BCUT2D eigenvalue weighted by Crippen LogP contribution is 2.29. The fraction of sp³-hybridized carbons (Fsp3) is 0.190. The van der Waals surface area contributed by atoms with Crippen LogP contribution in [0.25, 0.3) is 6.08 Å². The van der Waals surface area contributed by atoms with Crippen molar-refractivity contribution in [3.05, 3.63) is 63.1 Å². The fourth-order valence-electron chi connectivity index (χ4n) is 3.01. The average Bonchev–Trinajstić information content (AvgIpc) is 2.62. The zero-order valence-electron chi connectivity index (χ0n) is 15.7. The quantitative estimate of drug-likeness (QED) is 0.421. The molecule has 1 N–H and O–H groups in total. The van der Waals surface area contributed by atoms with Crippen molar-refractivity contribution in [2.24, 2.45) is 0 Å². The molecule has 144 valence electrons. The largest absolute Gasteiger partial charge is 0.493 e. The molecule has 0 unspecified atom stereocenters. The molecule has 1 aliphatic heterocycles. The average molecular weight is 459 g/mol. The van der Waals surface area contributed by atoms with Gasteiger partial charge in [-0.2, -0.15) is 0 Å². The lowest BCUT2D eigenvalue weighted by Crippen LogP contribution is -2.54. The lowest BCUT2D eigenvalue weighted by atomic mass is 10.0. The second kappa shape index (κ2) is 8.24. The minimum atomic E-state index is -0.529. The molecule has 5 nitrogen and oxygen atoms in total. The standard InChI is InChI=1S/C21H19BrN2O3S/c1-4-27-18-8-6-15(22)10-14(18)11-16-19(25)23-21(28)24(20(16)26)17-7-5-12(2)9-13(17)3/h5-11H,4H2,1-3H3,(H,23,25,28)/b16-11-. The Balaban J connectivity index is 2.08. The first-order valence-corrected chi connectivity index (χ1v) is 9.93. The number of nitrogens with zero attached hydrogens (tertiary/aromatic N) is 1. The molecule has 1 heterocycles. The van der Waals surface area contributed by atoms with E-state index in [-0.39, 0.29) is 10.7 Å². The molecule has 2 aromatic rings. The van der Waals surface area contributed by atoms with Crippen molar-refractivity contribution in [1.82, 2.24) is 5.32 Å². The van der Waals surface area contributed by atoms with E-state index in [9.17, 15) is 9.59 Å². The second-order valence-corrected chi connectivity index (χ2v) is 7.67. The first kappa shape index (κ1) is 20.2. The molecule has 0 radical (unpaired) electrons. The van der Waals surface area contributed by atoms with Crippen LogP contribution in [0, 0.1) is 13.8 Å². The van der Waals surface area contributed by atoms with Gasteiger partial charge in [0.25, 0.3) is 11.8 Å². The van der Waals surface area contributed by atoms with E-state index in [1.54, 1.807) is 12.1 Å². The Labute approximate surface area is 177 Å². The zero-order valence-corrected chi connectivity index (χ0v) is 18.1. The van der Waals surface area contributed by atoms with Gasteiger partial charge in [-0.1, -0.05) is 33.6 Å². The third-order valence-electron chi connectivity index (χ3n) is 4.27. The topological polar surface area (TPSA) is 58.6 Å². The molecule has 3 rings (SSSR count). The number of halogens is 1. The molecule has 28 heavy (non-hydrogen) atoms.